The maximum absolute atomic E-state index is 14.5. The summed E-state index contributed by atoms with van der Waals surface area (Å²) >= 11 is 7.28. The normalized spacial score (nSPS) is 34.3. The first-order chi connectivity index (χ1) is 27.1. The van der Waals surface area contributed by atoms with E-state index in [1.165, 1.54) is 5.57 Å². The number of fused-ring (bicyclic) bond motifs is 7. The van der Waals surface area contributed by atoms with E-state index < -0.39 is 22.8 Å². The molecule has 318 valence electrons. The molecule has 10 nitrogen and oxygen atoms in total. The smallest absolute Gasteiger partial charge is 0.309 e. The topological polar surface area (TPSA) is 143 Å². The molecule has 1 heterocycles. The van der Waals surface area contributed by atoms with E-state index in [1.807, 2.05) is 28.9 Å². The number of halogens is 1. The number of aromatic nitrogens is 2. The Hall–Kier alpha value is -3.37. The molecule has 4 fully saturated rings. The number of carboxylic acids is 1. The van der Waals surface area contributed by atoms with E-state index in [-0.39, 0.29) is 62.4 Å². The summed E-state index contributed by atoms with van der Waals surface area (Å²) in [5.74, 6) is 0.295. The van der Waals surface area contributed by atoms with Gasteiger partial charge in [-0.2, -0.15) is 0 Å². The minimum atomic E-state index is -1.19. The van der Waals surface area contributed by atoms with Crippen molar-refractivity contribution in [1.82, 2.24) is 9.36 Å². The Kier molecular flexibility index (Phi) is 10.6. The molecule has 0 radical (unpaired) electrons. The second kappa shape index (κ2) is 14.4. The Labute approximate surface area is 349 Å². The molecule has 1 aromatic heterocycles. The number of esters is 1. The van der Waals surface area contributed by atoms with Crippen LogP contribution in [0.5, 0.6) is 5.75 Å². The molecule has 3 N–H and O–H groups in total. The summed E-state index contributed by atoms with van der Waals surface area (Å²) in [6, 6.07) is 7.38. The first-order valence-electron chi connectivity index (χ1n) is 21.6. The Morgan fingerprint density at radius 3 is 2.22 bits per heavy atom. The highest BCUT2D eigenvalue weighted by Crippen LogP contribution is 2.77. The summed E-state index contributed by atoms with van der Waals surface area (Å²) in [6.07, 6.45) is 7.15. The van der Waals surface area contributed by atoms with E-state index in [2.05, 4.69) is 48.5 Å². The van der Waals surface area contributed by atoms with Crippen LogP contribution in [0.15, 0.2) is 40.2 Å². The molecular weight excluding hydrogens is 754 g/mol. The van der Waals surface area contributed by atoms with Crippen LogP contribution in [0.3, 0.4) is 0 Å². The van der Waals surface area contributed by atoms with Gasteiger partial charge in [-0.15, -0.1) is 0 Å². The fourth-order valence-corrected chi connectivity index (χ4v) is 14.4. The summed E-state index contributed by atoms with van der Waals surface area (Å²) in [5, 5.41) is 9.83. The number of carbonyl (C=O) groups is 3. The third kappa shape index (κ3) is 6.02. The summed E-state index contributed by atoms with van der Waals surface area (Å²) in [7, 11) is 1.61. The number of ketones is 1. The van der Waals surface area contributed by atoms with E-state index in [9.17, 15) is 24.3 Å². The van der Waals surface area contributed by atoms with Crippen LogP contribution in [0, 0.1) is 50.7 Å². The number of aliphatic carboxylic acids is 1. The molecule has 58 heavy (non-hydrogen) atoms. The standard InChI is InChI=1S/C47H66ClN3O7/c1-27(2)36-31(52)25-47(39-38(48)40(54)51(50(39)24-23-49)28-11-13-29(57-10)14-12-28)22-21-45(8)30(37(36)47)15-16-33-44(7)19-18-34(58-35(53)26-42(3,4)41(55)56)43(5,6)32(44)17-20-46(33,45)9/h11-14,27,30,32-34H,15-26,49H2,1-10H3,(H,55,56)/t30-,32+,33-,34+,44+,45-,46-,47-/m1/s1. The number of rotatable bonds is 10. The Morgan fingerprint density at radius 2 is 1.62 bits per heavy atom. The van der Waals surface area contributed by atoms with Gasteiger partial charge in [-0.05, 0) is 141 Å². The quantitative estimate of drug-likeness (QED) is 0.227. The van der Waals surface area contributed by atoms with Gasteiger partial charge in [0.15, 0.2) is 5.78 Å². The molecule has 0 saturated heterocycles. The summed E-state index contributed by atoms with van der Waals surface area (Å²) in [4.78, 5) is 53.9. The van der Waals surface area contributed by atoms with Crippen LogP contribution < -0.4 is 16.0 Å². The number of methoxy groups -OCH3 is 1. The monoisotopic (exact) mass is 819 g/mol. The highest BCUT2D eigenvalue weighted by Gasteiger charge is 2.71. The maximum atomic E-state index is 14.5. The molecule has 4 saturated carbocycles. The first kappa shape index (κ1) is 42.7. The highest BCUT2D eigenvalue weighted by molar-refractivity contribution is 6.31. The van der Waals surface area contributed by atoms with Gasteiger partial charge in [0.2, 0.25) is 0 Å². The first-order valence-corrected chi connectivity index (χ1v) is 22.0. The summed E-state index contributed by atoms with van der Waals surface area (Å²) in [6.45, 7) is 20.1. The van der Waals surface area contributed by atoms with Crippen LogP contribution in [0.1, 0.15) is 132 Å². The number of nitrogens with zero attached hydrogens (tertiary/aromatic N) is 2. The van der Waals surface area contributed by atoms with E-state index in [0.29, 0.717) is 49.2 Å². The van der Waals surface area contributed by atoms with E-state index in [4.69, 9.17) is 26.8 Å². The Balaban J connectivity index is 1.28. The molecular formula is C47H66ClN3O7. The van der Waals surface area contributed by atoms with Gasteiger partial charge < -0.3 is 20.3 Å². The van der Waals surface area contributed by atoms with Crippen LogP contribution in [-0.4, -0.2) is 52.0 Å². The fourth-order valence-electron chi connectivity index (χ4n) is 14.0. The highest BCUT2D eigenvalue weighted by atomic mass is 35.5. The van der Waals surface area contributed by atoms with Crippen LogP contribution in [0.4, 0.5) is 0 Å². The van der Waals surface area contributed by atoms with Crippen molar-refractivity contribution < 1.29 is 29.0 Å². The lowest BCUT2D eigenvalue weighted by Crippen LogP contribution is -2.66. The van der Waals surface area contributed by atoms with E-state index in [1.54, 1.807) is 25.6 Å². The number of Topliss-reactive ketones (excluding diaryl/α,β-unsaturated/α-hetero) is 1. The minimum absolute atomic E-state index is 0.00348. The molecule has 7 rings (SSSR count). The van der Waals surface area contributed by atoms with Crippen molar-refractivity contribution in [3.05, 3.63) is 56.5 Å². The van der Waals surface area contributed by atoms with Gasteiger partial charge in [0.1, 0.15) is 16.9 Å². The number of carbonyl (C=O) groups excluding carboxylic acids is 2. The molecule has 5 aliphatic carbocycles. The predicted molar refractivity (Wildman–Crippen MR) is 225 cm³/mol. The van der Waals surface area contributed by atoms with Crippen LogP contribution in [0.25, 0.3) is 5.69 Å². The number of ether oxygens (including phenoxy) is 2. The summed E-state index contributed by atoms with van der Waals surface area (Å²) in [5.41, 5.74) is 7.18. The molecule has 0 bridgehead atoms. The van der Waals surface area contributed by atoms with Gasteiger partial charge in [0.25, 0.3) is 5.56 Å². The van der Waals surface area contributed by atoms with Crippen molar-refractivity contribution in [3.8, 4) is 11.4 Å². The number of allylic oxidation sites excluding steroid dienone is 2. The van der Waals surface area contributed by atoms with Gasteiger partial charge in [0, 0.05) is 23.8 Å². The van der Waals surface area contributed by atoms with Crippen LogP contribution in [0.2, 0.25) is 5.02 Å². The molecule has 0 spiro atoms. The zero-order valence-corrected chi connectivity index (χ0v) is 37.2. The fraction of sp³-hybridized carbons (Fsp3) is 0.702. The average Bonchev–Trinajstić information content (AvgIpc) is 3.58. The van der Waals surface area contributed by atoms with Crippen molar-refractivity contribution in [2.24, 2.45) is 56.5 Å². The number of nitrogens with two attached hydrogens (primary N) is 1. The van der Waals surface area contributed by atoms with Gasteiger partial charge >= 0.3 is 11.9 Å². The third-order valence-electron chi connectivity index (χ3n) is 17.0. The second-order valence-corrected chi connectivity index (χ2v) is 21.3. The second-order valence-electron chi connectivity index (χ2n) is 20.9. The van der Waals surface area contributed by atoms with Gasteiger partial charge in [-0.1, -0.05) is 60.1 Å². The number of carboxylic acid groups (broad SMARTS) is 1. The Bertz CT molecular complexity index is 2100. The van der Waals surface area contributed by atoms with Crippen LogP contribution >= 0.6 is 11.6 Å². The van der Waals surface area contributed by atoms with Crippen molar-refractivity contribution in [3.63, 3.8) is 0 Å². The van der Waals surface area contributed by atoms with Crippen LogP contribution in [-0.2, 0) is 31.1 Å². The minimum Gasteiger partial charge on any atom is -0.497 e. The lowest BCUT2D eigenvalue weighted by Gasteiger charge is -2.72. The van der Waals surface area contributed by atoms with Crippen molar-refractivity contribution in [1.29, 1.82) is 0 Å². The van der Waals surface area contributed by atoms with Gasteiger partial charge in [-0.3, -0.25) is 23.9 Å². The van der Waals surface area contributed by atoms with E-state index in [0.717, 1.165) is 56.2 Å². The Morgan fingerprint density at radius 1 is 0.948 bits per heavy atom. The number of hydrogen-bond donors (Lipinski definition) is 2. The molecule has 1 aromatic carbocycles. The maximum Gasteiger partial charge on any atom is 0.309 e. The predicted octanol–water partition coefficient (Wildman–Crippen LogP) is 8.90. The van der Waals surface area contributed by atoms with E-state index >= 15 is 0 Å². The van der Waals surface area contributed by atoms with Crippen molar-refractivity contribution in [2.45, 2.75) is 145 Å². The molecule has 11 heteroatoms. The molecule has 2 aromatic rings. The molecule has 5 aliphatic rings. The van der Waals surface area contributed by atoms with Gasteiger partial charge in [0.05, 0.1) is 36.9 Å². The van der Waals surface area contributed by atoms with Gasteiger partial charge in [-0.25, -0.2) is 4.68 Å². The zero-order chi connectivity index (χ0) is 42.5. The largest absolute Gasteiger partial charge is 0.497 e. The zero-order valence-electron chi connectivity index (χ0n) is 36.4. The average molecular weight is 821 g/mol. The van der Waals surface area contributed by atoms with Crippen molar-refractivity contribution >= 4 is 29.3 Å². The molecule has 8 atom stereocenters. The van der Waals surface area contributed by atoms with Crippen molar-refractivity contribution in [2.75, 3.05) is 13.7 Å². The number of benzene rings is 1. The lowest BCUT2D eigenvalue weighted by atomic mass is 9.33. The summed E-state index contributed by atoms with van der Waals surface area (Å²) < 4.78 is 15.2. The SMILES string of the molecule is COc1ccc(-n2c(=O)c(Cl)c([C@@]34CC[C@]5(C)[C@H](CC[C@@H]6[C@@]7(C)CC[C@H](OC(=O)CC(C)(C)C(=O)O)C(C)(C)[C@@H]7CC[C@]65C)C3=C(C(C)C)C(=O)C4)n2CCN)cc1. The molecule has 0 amide bonds. The third-order valence-corrected chi connectivity index (χ3v) is 17.3. The molecule has 0 aliphatic heterocycles. The molecule has 0 unspecified atom stereocenters. The number of hydrogen-bond acceptors (Lipinski definition) is 7. The lowest BCUT2D eigenvalue weighted by molar-refractivity contribution is -0.232.